The lowest BCUT2D eigenvalue weighted by Crippen LogP contribution is -2.62. The number of imide groups is 1. The minimum absolute atomic E-state index is 0.110. The molecule has 5 N–H and O–H groups in total. The molecular weight excluding hydrogens is 661 g/mol. The van der Waals surface area contributed by atoms with Gasteiger partial charge in [0, 0.05) is 11.3 Å². The Kier molecular flexibility index (Phi) is 13.3. The molecule has 0 radical (unpaired) electrons. The largest absolute Gasteiger partial charge is 0.542 e. The van der Waals surface area contributed by atoms with E-state index in [1.807, 2.05) is 6.07 Å². The Hall–Kier alpha value is -5.15. The van der Waals surface area contributed by atoms with Crippen LogP contribution in [-0.4, -0.2) is 88.0 Å². The number of alkyl halides is 3. The van der Waals surface area contributed by atoms with Crippen LogP contribution >= 0.6 is 0 Å². The molecule has 270 valence electrons. The lowest BCUT2D eigenvalue weighted by atomic mass is 9.98. The number of hydrogen-bond acceptors (Lipinski definition) is 9. The number of benzene rings is 3. The zero-order valence-electron chi connectivity index (χ0n) is 27.9. The van der Waals surface area contributed by atoms with Crippen LogP contribution in [0.1, 0.15) is 48.2 Å². The van der Waals surface area contributed by atoms with Crippen LogP contribution < -0.4 is 16.2 Å². The molecule has 1 saturated heterocycles. The van der Waals surface area contributed by atoms with Gasteiger partial charge in [0.05, 0.1) is 37.3 Å². The summed E-state index contributed by atoms with van der Waals surface area (Å²) in [6, 6.07) is 17.9. The highest BCUT2D eigenvalue weighted by Crippen LogP contribution is 2.27. The molecule has 50 heavy (non-hydrogen) atoms. The van der Waals surface area contributed by atoms with Crippen LogP contribution in [0.3, 0.4) is 0 Å². The molecule has 3 amide bonds. The Balaban J connectivity index is 0.000000872. The van der Waals surface area contributed by atoms with Crippen molar-refractivity contribution in [1.82, 2.24) is 4.90 Å². The normalized spacial score (nSPS) is 17.9. The standard InChI is InChI=1S/C33H40N4O6.C2HF3O2/c1-22(2)43-32(41)25-11-13-26(14-12-25)35-33(42)36(31(40)30(34)19-23-9-15-28(38)16-10-23)27-7-5-17-37(3,21-27)20-24-6-4-8-29(39)18-24;3-2(4,5)1(6)7/h4,6,8-16,18,22,27,30H,5,7,17,19-21,34H2,1-3H3,(H2-,35,38,39,41,42);(H,6,7)/t27-,30-,37?;/m0./s1. The highest BCUT2D eigenvalue weighted by molar-refractivity contribution is 6.03. The zero-order valence-corrected chi connectivity index (χ0v) is 27.9. The van der Waals surface area contributed by atoms with Crippen molar-refractivity contribution < 1.29 is 56.9 Å². The first-order valence-corrected chi connectivity index (χ1v) is 15.7. The Morgan fingerprint density at radius 3 is 2.18 bits per heavy atom. The summed E-state index contributed by atoms with van der Waals surface area (Å²) in [5.41, 5.74) is 8.90. The van der Waals surface area contributed by atoms with E-state index in [0.29, 0.717) is 35.2 Å². The number of phenolic OH excluding ortho intramolecular Hbond substituents is 2. The van der Waals surface area contributed by atoms with Gasteiger partial charge in [0.25, 0.3) is 0 Å². The van der Waals surface area contributed by atoms with Crippen molar-refractivity contribution >= 4 is 29.6 Å². The van der Waals surface area contributed by atoms with Gasteiger partial charge in [-0.3, -0.25) is 9.69 Å². The topological polar surface area (TPSA) is 182 Å². The fourth-order valence-electron chi connectivity index (χ4n) is 5.60. The smallest absolute Gasteiger partial charge is 0.430 e. The number of phenols is 2. The number of nitrogens with zero attached hydrogens (tertiary/aromatic N) is 2. The van der Waals surface area contributed by atoms with E-state index < -0.39 is 42.1 Å². The van der Waals surface area contributed by atoms with Crippen molar-refractivity contribution in [2.24, 2.45) is 5.73 Å². The average molecular weight is 703 g/mol. The number of likely N-dealkylation sites (tertiary alicyclic amines) is 1. The number of urea groups is 1. The number of anilines is 1. The molecule has 1 fully saturated rings. The molecule has 3 aromatic rings. The number of carbonyl (C=O) groups is 4. The number of nitrogens with two attached hydrogens (primary N) is 1. The number of halogens is 3. The lowest BCUT2D eigenvalue weighted by Gasteiger charge is -2.44. The maximum Gasteiger partial charge on any atom is 0.430 e. The Labute approximate surface area is 287 Å². The van der Waals surface area contributed by atoms with Gasteiger partial charge in [0.15, 0.2) is 0 Å². The van der Waals surface area contributed by atoms with Crippen LogP contribution in [0.2, 0.25) is 0 Å². The molecule has 1 heterocycles. The van der Waals surface area contributed by atoms with Gasteiger partial charge in [-0.2, -0.15) is 13.2 Å². The number of rotatable bonds is 9. The van der Waals surface area contributed by atoms with E-state index in [1.54, 1.807) is 68.4 Å². The zero-order chi connectivity index (χ0) is 37.2. The maximum absolute atomic E-state index is 13.9. The molecule has 4 rings (SSSR count). The quantitative estimate of drug-likeness (QED) is 0.191. The summed E-state index contributed by atoms with van der Waals surface area (Å²) in [6.07, 6.45) is -3.85. The van der Waals surface area contributed by atoms with Gasteiger partial charge in [0.2, 0.25) is 5.91 Å². The molecule has 3 atom stereocenters. The predicted octanol–water partition coefficient (Wildman–Crippen LogP) is 3.70. The number of aromatic hydroxyl groups is 2. The monoisotopic (exact) mass is 702 g/mol. The molecule has 1 aliphatic rings. The summed E-state index contributed by atoms with van der Waals surface area (Å²) in [5.74, 6) is -3.67. The third-order valence-corrected chi connectivity index (χ3v) is 7.84. The summed E-state index contributed by atoms with van der Waals surface area (Å²) < 4.78 is 37.4. The number of quaternary nitrogens is 1. The second-order valence-electron chi connectivity index (χ2n) is 12.6. The van der Waals surface area contributed by atoms with Gasteiger partial charge < -0.3 is 40.4 Å². The van der Waals surface area contributed by atoms with Crippen molar-refractivity contribution in [3.8, 4) is 11.5 Å². The van der Waals surface area contributed by atoms with Crippen LogP contribution in [0.5, 0.6) is 11.5 Å². The molecule has 0 aliphatic carbocycles. The summed E-state index contributed by atoms with van der Waals surface area (Å²) in [4.78, 5) is 50.0. The van der Waals surface area contributed by atoms with E-state index in [1.165, 1.54) is 17.0 Å². The number of carboxylic acid groups (broad SMARTS) is 1. The predicted molar refractivity (Wildman–Crippen MR) is 174 cm³/mol. The third-order valence-electron chi connectivity index (χ3n) is 7.84. The minimum Gasteiger partial charge on any atom is -0.542 e. The van der Waals surface area contributed by atoms with Gasteiger partial charge in [-0.15, -0.1) is 0 Å². The fraction of sp³-hybridized carbons (Fsp3) is 0.371. The van der Waals surface area contributed by atoms with Gasteiger partial charge in [-0.05, 0) is 87.2 Å². The van der Waals surface area contributed by atoms with Crippen LogP contribution in [0.25, 0.3) is 0 Å². The average Bonchev–Trinajstić information content (AvgIpc) is 3.02. The number of carbonyl (C=O) groups excluding carboxylic acids is 4. The SMILES string of the molecule is CC(C)OC(=O)c1ccc(NC(=O)N(C(=O)[C@@H](N)Cc2ccc(O)cc2)[C@H]2CCC[N+](C)(Cc3cccc(O)c3)C2)cc1.O=C([O-])C(F)(F)F. The molecule has 0 spiro atoms. The second-order valence-corrected chi connectivity index (χ2v) is 12.6. The number of likely N-dealkylation sites (N-methyl/N-ethyl adjacent to an activating group) is 1. The van der Waals surface area contributed by atoms with Crippen molar-refractivity contribution in [2.75, 3.05) is 25.5 Å². The van der Waals surface area contributed by atoms with E-state index in [9.17, 15) is 37.8 Å². The maximum atomic E-state index is 13.9. The molecular formula is C35H41F3N4O8. The number of aliphatic carboxylic acids is 1. The van der Waals surface area contributed by atoms with E-state index >= 15 is 0 Å². The summed E-state index contributed by atoms with van der Waals surface area (Å²) >= 11 is 0. The number of carboxylic acids is 1. The number of hydrogen-bond donors (Lipinski definition) is 4. The van der Waals surface area contributed by atoms with Crippen molar-refractivity contribution in [2.45, 2.75) is 64.0 Å². The molecule has 0 aromatic heterocycles. The third kappa shape index (κ3) is 11.8. The number of esters is 1. The van der Waals surface area contributed by atoms with Crippen molar-refractivity contribution in [3.63, 3.8) is 0 Å². The van der Waals surface area contributed by atoms with Gasteiger partial charge >= 0.3 is 18.2 Å². The summed E-state index contributed by atoms with van der Waals surface area (Å²) in [6.45, 7) is 5.53. The van der Waals surface area contributed by atoms with Gasteiger partial charge in [-0.1, -0.05) is 24.3 Å². The first-order valence-electron chi connectivity index (χ1n) is 15.7. The minimum atomic E-state index is -5.19. The van der Waals surface area contributed by atoms with Crippen LogP contribution in [0.15, 0.2) is 72.8 Å². The summed E-state index contributed by atoms with van der Waals surface area (Å²) in [7, 11) is 2.09. The Morgan fingerprint density at radius 2 is 1.62 bits per heavy atom. The van der Waals surface area contributed by atoms with Crippen molar-refractivity contribution in [1.29, 1.82) is 0 Å². The van der Waals surface area contributed by atoms with Crippen LogP contribution in [0.4, 0.5) is 23.7 Å². The lowest BCUT2D eigenvalue weighted by molar-refractivity contribution is -0.928. The molecule has 1 unspecified atom stereocenters. The Morgan fingerprint density at radius 1 is 1.00 bits per heavy atom. The molecule has 1 aliphatic heterocycles. The first kappa shape index (κ1) is 39.3. The number of ether oxygens (including phenoxy) is 1. The molecule has 0 bridgehead atoms. The van der Waals surface area contributed by atoms with Gasteiger partial charge in [-0.25, -0.2) is 9.59 Å². The number of piperidine rings is 1. The highest BCUT2D eigenvalue weighted by atomic mass is 19.4. The molecule has 15 heteroatoms. The molecule has 3 aromatic carbocycles. The fourth-order valence-corrected chi connectivity index (χ4v) is 5.60. The molecule has 0 saturated carbocycles. The first-order chi connectivity index (χ1) is 23.4. The van der Waals surface area contributed by atoms with E-state index in [-0.39, 0.29) is 24.0 Å². The second kappa shape index (κ2) is 17.0. The Bertz CT molecular complexity index is 1630. The van der Waals surface area contributed by atoms with Gasteiger partial charge in [0.1, 0.15) is 30.6 Å². The number of amides is 3. The van der Waals surface area contributed by atoms with E-state index in [2.05, 4.69) is 12.4 Å². The van der Waals surface area contributed by atoms with Crippen LogP contribution in [-0.2, 0) is 27.3 Å². The van der Waals surface area contributed by atoms with Crippen LogP contribution in [0, 0.1) is 0 Å². The summed E-state index contributed by atoms with van der Waals surface area (Å²) in [5, 5.41) is 31.2. The molecule has 12 nitrogen and oxygen atoms in total. The van der Waals surface area contributed by atoms with Crippen molar-refractivity contribution in [3.05, 3.63) is 89.5 Å². The van der Waals surface area contributed by atoms with E-state index in [4.69, 9.17) is 20.4 Å². The number of nitrogens with one attached hydrogen (secondary N) is 1. The van der Waals surface area contributed by atoms with E-state index in [0.717, 1.165) is 24.1 Å². The highest BCUT2D eigenvalue weighted by Gasteiger charge is 2.41.